The standard InChI is InChI=1S/C21H23ClN2O4/c1-27-17-6-2-3-7-18(17)28-19-10-14-12-24(11-13(14)9-16(19)25)21(26)20-15(22)5-4-8-23-20/h2-8,13-14,16,19,25H,9-12H2,1H3/t13-,14+,16+,19+/m0/s1. The Morgan fingerprint density at radius 2 is 1.86 bits per heavy atom. The van der Waals surface area contributed by atoms with Gasteiger partial charge in [-0.25, -0.2) is 4.98 Å². The first-order chi connectivity index (χ1) is 13.6. The number of aliphatic hydroxyl groups excluding tert-OH is 1. The summed E-state index contributed by atoms with van der Waals surface area (Å²) in [7, 11) is 1.60. The van der Waals surface area contributed by atoms with E-state index in [1.807, 2.05) is 24.3 Å². The lowest BCUT2D eigenvalue weighted by atomic mass is 9.78. The highest BCUT2D eigenvalue weighted by Crippen LogP contribution is 2.39. The van der Waals surface area contributed by atoms with E-state index in [2.05, 4.69) is 4.98 Å². The number of amides is 1. The molecule has 1 amide bonds. The normalized spacial score (nSPS) is 26.6. The maximum absolute atomic E-state index is 12.8. The van der Waals surface area contributed by atoms with Crippen LogP contribution in [0.1, 0.15) is 23.3 Å². The molecule has 2 fully saturated rings. The molecule has 0 radical (unpaired) electrons. The Hall–Kier alpha value is -2.31. The predicted molar refractivity (Wildman–Crippen MR) is 105 cm³/mol. The molecule has 1 aliphatic heterocycles. The van der Waals surface area contributed by atoms with Gasteiger partial charge in [-0.2, -0.15) is 0 Å². The van der Waals surface area contributed by atoms with Crippen molar-refractivity contribution in [3.63, 3.8) is 0 Å². The zero-order valence-electron chi connectivity index (χ0n) is 15.6. The topological polar surface area (TPSA) is 71.9 Å². The maximum Gasteiger partial charge on any atom is 0.274 e. The van der Waals surface area contributed by atoms with Gasteiger partial charge in [0, 0.05) is 19.3 Å². The highest BCUT2D eigenvalue weighted by atomic mass is 35.5. The van der Waals surface area contributed by atoms with E-state index in [1.165, 1.54) is 0 Å². The minimum absolute atomic E-state index is 0.156. The fourth-order valence-corrected chi connectivity index (χ4v) is 4.46. The highest BCUT2D eigenvalue weighted by Gasteiger charge is 2.44. The second kappa shape index (κ2) is 7.97. The number of nitrogens with zero attached hydrogens (tertiary/aromatic N) is 2. The van der Waals surface area contributed by atoms with Crippen molar-refractivity contribution in [1.82, 2.24) is 9.88 Å². The van der Waals surface area contributed by atoms with Crippen molar-refractivity contribution in [2.75, 3.05) is 20.2 Å². The van der Waals surface area contributed by atoms with Gasteiger partial charge in [-0.15, -0.1) is 0 Å². The summed E-state index contributed by atoms with van der Waals surface area (Å²) in [5, 5.41) is 11.0. The van der Waals surface area contributed by atoms with Gasteiger partial charge in [-0.1, -0.05) is 23.7 Å². The minimum atomic E-state index is -0.584. The molecule has 1 aromatic carbocycles. The average Bonchev–Trinajstić information content (AvgIpc) is 3.11. The van der Waals surface area contributed by atoms with Crippen molar-refractivity contribution in [1.29, 1.82) is 0 Å². The number of aliphatic hydroxyl groups is 1. The Bertz CT molecular complexity index is 862. The molecular formula is C21H23ClN2O4. The Morgan fingerprint density at radius 1 is 1.14 bits per heavy atom. The molecule has 148 valence electrons. The van der Waals surface area contributed by atoms with Crippen molar-refractivity contribution in [2.45, 2.75) is 25.0 Å². The van der Waals surface area contributed by atoms with Crippen LogP contribution < -0.4 is 9.47 Å². The third-order valence-corrected chi connectivity index (χ3v) is 5.99. The van der Waals surface area contributed by atoms with Gasteiger partial charge in [0.15, 0.2) is 11.5 Å². The van der Waals surface area contributed by atoms with Gasteiger partial charge < -0.3 is 19.5 Å². The monoisotopic (exact) mass is 402 g/mol. The maximum atomic E-state index is 12.8. The molecule has 1 aliphatic carbocycles. The largest absolute Gasteiger partial charge is 0.493 e. The molecule has 7 heteroatoms. The van der Waals surface area contributed by atoms with Gasteiger partial charge in [-0.3, -0.25) is 4.79 Å². The summed E-state index contributed by atoms with van der Waals surface area (Å²) in [6.07, 6.45) is 1.95. The molecule has 1 saturated carbocycles. The van der Waals surface area contributed by atoms with Crippen LogP contribution in [0.5, 0.6) is 11.5 Å². The van der Waals surface area contributed by atoms with Crippen molar-refractivity contribution in [3.05, 3.63) is 53.3 Å². The molecule has 0 unspecified atom stereocenters. The summed E-state index contributed by atoms with van der Waals surface area (Å²) in [5.41, 5.74) is 0.283. The van der Waals surface area contributed by atoms with E-state index in [4.69, 9.17) is 21.1 Å². The zero-order chi connectivity index (χ0) is 19.7. The van der Waals surface area contributed by atoms with Gasteiger partial charge in [0.2, 0.25) is 0 Å². The fraction of sp³-hybridized carbons (Fsp3) is 0.429. The number of rotatable bonds is 4. The van der Waals surface area contributed by atoms with Crippen molar-refractivity contribution in [2.24, 2.45) is 11.8 Å². The summed E-state index contributed by atoms with van der Waals surface area (Å²) in [4.78, 5) is 18.7. The molecule has 4 rings (SSSR count). The molecular weight excluding hydrogens is 380 g/mol. The molecule has 2 heterocycles. The molecule has 1 saturated heterocycles. The first kappa shape index (κ1) is 19.0. The first-order valence-electron chi connectivity index (χ1n) is 9.44. The Balaban J connectivity index is 1.45. The van der Waals surface area contributed by atoms with E-state index in [1.54, 1.807) is 30.3 Å². The third kappa shape index (κ3) is 3.66. The number of ether oxygens (including phenoxy) is 2. The lowest BCUT2D eigenvalue weighted by Gasteiger charge is -2.35. The van der Waals surface area contributed by atoms with Crippen LogP contribution in [0.3, 0.4) is 0 Å². The smallest absolute Gasteiger partial charge is 0.274 e. The summed E-state index contributed by atoms with van der Waals surface area (Å²) < 4.78 is 11.4. The van der Waals surface area contributed by atoms with Crippen LogP contribution in [0.25, 0.3) is 0 Å². The van der Waals surface area contributed by atoms with Crippen LogP contribution in [0, 0.1) is 11.8 Å². The number of hydrogen-bond donors (Lipinski definition) is 1. The number of likely N-dealkylation sites (tertiary alicyclic amines) is 1. The average molecular weight is 403 g/mol. The molecule has 6 nitrogen and oxygen atoms in total. The second-order valence-corrected chi connectivity index (χ2v) is 7.82. The number of methoxy groups -OCH3 is 1. The van der Waals surface area contributed by atoms with Crippen LogP contribution in [-0.4, -0.2) is 53.3 Å². The van der Waals surface area contributed by atoms with E-state index in [0.717, 1.165) is 0 Å². The molecule has 28 heavy (non-hydrogen) atoms. The van der Waals surface area contributed by atoms with Crippen molar-refractivity contribution >= 4 is 17.5 Å². The van der Waals surface area contributed by atoms with E-state index >= 15 is 0 Å². The number of pyridine rings is 1. The summed E-state index contributed by atoms with van der Waals surface area (Å²) >= 11 is 6.13. The van der Waals surface area contributed by atoms with Crippen LogP contribution >= 0.6 is 11.6 Å². The van der Waals surface area contributed by atoms with E-state index < -0.39 is 6.10 Å². The predicted octanol–water partition coefficient (Wildman–Crippen LogP) is 3.03. The van der Waals surface area contributed by atoms with Crippen molar-refractivity contribution in [3.8, 4) is 11.5 Å². The Morgan fingerprint density at radius 3 is 2.57 bits per heavy atom. The zero-order valence-corrected chi connectivity index (χ0v) is 16.4. The molecule has 0 spiro atoms. The highest BCUT2D eigenvalue weighted by molar-refractivity contribution is 6.33. The summed E-state index contributed by atoms with van der Waals surface area (Å²) in [6.45, 7) is 1.23. The van der Waals surface area contributed by atoms with Crippen molar-refractivity contribution < 1.29 is 19.4 Å². The number of benzene rings is 1. The third-order valence-electron chi connectivity index (χ3n) is 5.68. The van der Waals surface area contributed by atoms with E-state index in [0.29, 0.717) is 42.5 Å². The van der Waals surface area contributed by atoms with Crippen LogP contribution in [0.15, 0.2) is 42.6 Å². The number of para-hydroxylation sites is 2. The van der Waals surface area contributed by atoms with Gasteiger partial charge in [0.05, 0.1) is 18.2 Å². The lowest BCUT2D eigenvalue weighted by molar-refractivity contribution is -0.0240. The fourth-order valence-electron chi connectivity index (χ4n) is 4.25. The number of fused-ring (bicyclic) bond motifs is 1. The number of aromatic nitrogens is 1. The second-order valence-electron chi connectivity index (χ2n) is 7.41. The number of carbonyl (C=O) groups is 1. The van der Waals surface area contributed by atoms with E-state index in [-0.39, 0.29) is 29.5 Å². The quantitative estimate of drug-likeness (QED) is 0.851. The molecule has 1 N–H and O–H groups in total. The van der Waals surface area contributed by atoms with Crippen LogP contribution in [0.2, 0.25) is 5.02 Å². The number of halogens is 1. The lowest BCUT2D eigenvalue weighted by Crippen LogP contribution is -2.42. The number of hydrogen-bond acceptors (Lipinski definition) is 5. The Kier molecular flexibility index (Phi) is 5.42. The molecule has 2 aromatic rings. The van der Waals surface area contributed by atoms with E-state index in [9.17, 15) is 9.90 Å². The van der Waals surface area contributed by atoms with Gasteiger partial charge in [0.25, 0.3) is 5.91 Å². The molecule has 2 aliphatic rings. The molecule has 1 aromatic heterocycles. The SMILES string of the molecule is COc1ccccc1O[C@@H]1C[C@@H]2CN(C(=O)c3ncccc3Cl)C[C@@H]2C[C@H]1O. The summed E-state index contributed by atoms with van der Waals surface area (Å²) in [6, 6.07) is 10.8. The van der Waals surface area contributed by atoms with Gasteiger partial charge in [-0.05, 0) is 48.9 Å². The van der Waals surface area contributed by atoms with Gasteiger partial charge >= 0.3 is 0 Å². The number of carbonyl (C=O) groups excluding carboxylic acids is 1. The van der Waals surface area contributed by atoms with Crippen LogP contribution in [0.4, 0.5) is 0 Å². The molecule has 4 atom stereocenters. The Labute approximate surface area is 169 Å². The molecule has 0 bridgehead atoms. The minimum Gasteiger partial charge on any atom is -0.493 e. The first-order valence-corrected chi connectivity index (χ1v) is 9.82. The summed E-state index contributed by atoms with van der Waals surface area (Å²) in [5.74, 6) is 1.63. The van der Waals surface area contributed by atoms with Gasteiger partial charge in [0.1, 0.15) is 11.8 Å². The van der Waals surface area contributed by atoms with Crippen LogP contribution in [-0.2, 0) is 0 Å².